The normalized spacial score (nSPS) is 35.4. The molecule has 4 atom stereocenters. The van der Waals surface area contributed by atoms with E-state index in [1.807, 2.05) is 6.07 Å². The van der Waals surface area contributed by atoms with E-state index in [9.17, 15) is 19.8 Å². The molecular weight excluding hydrogens is 368 g/mol. The Bertz CT molecular complexity index is 895. The highest BCUT2D eigenvalue weighted by atomic mass is 16.3. The number of aliphatic hydroxyl groups is 1. The molecule has 1 aliphatic heterocycles. The van der Waals surface area contributed by atoms with Gasteiger partial charge in [-0.05, 0) is 63.1 Å². The van der Waals surface area contributed by atoms with Crippen molar-refractivity contribution in [2.24, 2.45) is 11.7 Å². The number of primary amides is 1. The van der Waals surface area contributed by atoms with Gasteiger partial charge >= 0.3 is 0 Å². The zero-order valence-corrected chi connectivity index (χ0v) is 17.0. The number of fused-ring (bicyclic) bond motifs is 1. The number of hydrogen-bond donors (Lipinski definition) is 3. The number of rotatable bonds is 3. The van der Waals surface area contributed by atoms with Crippen LogP contribution in [0.2, 0.25) is 0 Å². The highest BCUT2D eigenvalue weighted by molar-refractivity contribution is 5.96. The van der Waals surface area contributed by atoms with Gasteiger partial charge in [-0.25, -0.2) is 0 Å². The number of carbonyl (C=O) groups is 2. The number of carbonyl (C=O) groups excluding carboxylic acids is 2. The van der Waals surface area contributed by atoms with E-state index in [0.717, 1.165) is 12.1 Å². The van der Waals surface area contributed by atoms with Crippen molar-refractivity contribution in [1.29, 1.82) is 0 Å². The highest BCUT2D eigenvalue weighted by Crippen LogP contribution is 2.60. The fourth-order valence-corrected chi connectivity index (χ4v) is 6.83. The molecule has 2 bridgehead atoms. The lowest BCUT2D eigenvalue weighted by Crippen LogP contribution is -2.74. The molecule has 2 saturated carbocycles. The maximum atomic E-state index is 12.6. The van der Waals surface area contributed by atoms with Crippen molar-refractivity contribution < 1.29 is 19.8 Å². The van der Waals surface area contributed by atoms with Gasteiger partial charge in [0.2, 0.25) is 0 Å². The predicted molar refractivity (Wildman–Crippen MR) is 108 cm³/mol. The molecule has 4 N–H and O–H groups in total. The summed E-state index contributed by atoms with van der Waals surface area (Å²) in [6.07, 6.45) is 5.97. The Balaban J connectivity index is 1.67. The Morgan fingerprint density at radius 1 is 1.31 bits per heavy atom. The molecule has 1 aromatic rings. The summed E-state index contributed by atoms with van der Waals surface area (Å²) in [6, 6.07) is 3.76. The molecule has 1 unspecified atom stereocenters. The summed E-state index contributed by atoms with van der Waals surface area (Å²) >= 11 is 0. The lowest BCUT2D eigenvalue weighted by atomic mass is 9.49. The Labute approximate surface area is 171 Å². The van der Waals surface area contributed by atoms with E-state index in [0.29, 0.717) is 43.2 Å². The van der Waals surface area contributed by atoms with E-state index >= 15 is 0 Å². The third kappa shape index (κ3) is 2.42. The molecule has 156 valence electrons. The van der Waals surface area contributed by atoms with Crippen molar-refractivity contribution in [3.8, 4) is 5.75 Å². The summed E-state index contributed by atoms with van der Waals surface area (Å²) in [5.74, 6) is -0.0402. The maximum absolute atomic E-state index is 12.6. The first-order valence-electron chi connectivity index (χ1n) is 10.9. The molecule has 6 heteroatoms. The van der Waals surface area contributed by atoms with Gasteiger partial charge < -0.3 is 15.9 Å². The summed E-state index contributed by atoms with van der Waals surface area (Å²) in [4.78, 5) is 26.9. The van der Waals surface area contributed by atoms with E-state index in [1.54, 1.807) is 6.07 Å². The van der Waals surface area contributed by atoms with Crippen LogP contribution < -0.4 is 5.73 Å². The van der Waals surface area contributed by atoms with Crippen molar-refractivity contribution in [2.45, 2.75) is 81.4 Å². The van der Waals surface area contributed by atoms with Crippen LogP contribution in [0.5, 0.6) is 5.75 Å². The number of Topliss-reactive ketones (excluding diaryl/α,β-unsaturated/α-hetero) is 1. The number of amides is 1. The molecule has 3 aliphatic carbocycles. The van der Waals surface area contributed by atoms with E-state index in [1.165, 1.54) is 19.3 Å². The quantitative estimate of drug-likeness (QED) is 0.723. The minimum atomic E-state index is -1.09. The smallest absolute Gasteiger partial charge is 0.252 e. The topological polar surface area (TPSA) is 104 Å². The third-order valence-electron chi connectivity index (χ3n) is 8.64. The van der Waals surface area contributed by atoms with Gasteiger partial charge in [0.1, 0.15) is 11.5 Å². The zero-order chi connectivity index (χ0) is 20.6. The van der Waals surface area contributed by atoms with Gasteiger partial charge in [0.05, 0.1) is 11.2 Å². The third-order valence-corrected chi connectivity index (χ3v) is 8.64. The van der Waals surface area contributed by atoms with Gasteiger partial charge in [0, 0.05) is 35.9 Å². The summed E-state index contributed by atoms with van der Waals surface area (Å²) < 4.78 is 0. The molecule has 1 amide bonds. The van der Waals surface area contributed by atoms with Crippen molar-refractivity contribution >= 4 is 11.7 Å². The monoisotopic (exact) mass is 398 g/mol. The van der Waals surface area contributed by atoms with Gasteiger partial charge in [-0.15, -0.1) is 0 Å². The molecule has 0 radical (unpaired) electrons. The first-order chi connectivity index (χ1) is 13.8. The number of phenols is 1. The molecule has 1 aromatic carbocycles. The summed E-state index contributed by atoms with van der Waals surface area (Å²) in [5.41, 5.74) is 5.15. The molecule has 1 heterocycles. The number of piperidine rings is 1. The Morgan fingerprint density at radius 2 is 2.07 bits per heavy atom. The van der Waals surface area contributed by atoms with Crippen LogP contribution in [0.1, 0.15) is 73.4 Å². The van der Waals surface area contributed by atoms with Crippen LogP contribution in [-0.2, 0) is 16.6 Å². The second-order valence-corrected chi connectivity index (χ2v) is 9.72. The molecule has 0 spiro atoms. The predicted octanol–water partition coefficient (Wildman–Crippen LogP) is 2.03. The minimum absolute atomic E-state index is 0.0715. The molecular formula is C23H30N2O4. The molecule has 3 fully saturated rings. The SMILES string of the molecule is C[C@@H](C1CCC1)N1CC[C@]23CC(=O)CC[C@@]2(O)C1Cc1ccc(C(N)=O)c(O)c13. The molecule has 5 rings (SSSR count). The average Bonchev–Trinajstić information content (AvgIpc) is 2.60. The Kier molecular flexibility index (Phi) is 4.13. The summed E-state index contributed by atoms with van der Waals surface area (Å²) in [6.45, 7) is 3.06. The highest BCUT2D eigenvalue weighted by Gasteiger charge is 2.66. The van der Waals surface area contributed by atoms with Gasteiger partial charge in [0.25, 0.3) is 5.91 Å². The van der Waals surface area contributed by atoms with E-state index in [2.05, 4.69) is 11.8 Å². The van der Waals surface area contributed by atoms with Crippen LogP contribution in [0.3, 0.4) is 0 Å². The van der Waals surface area contributed by atoms with Crippen molar-refractivity contribution in [3.05, 3.63) is 28.8 Å². The van der Waals surface area contributed by atoms with Gasteiger partial charge in [-0.1, -0.05) is 12.5 Å². The average molecular weight is 399 g/mol. The fourth-order valence-electron chi connectivity index (χ4n) is 6.83. The van der Waals surface area contributed by atoms with Crippen LogP contribution in [0.4, 0.5) is 0 Å². The zero-order valence-electron chi connectivity index (χ0n) is 17.0. The number of hydrogen-bond acceptors (Lipinski definition) is 5. The standard InChI is InChI=1S/C23H30N2O4/c1-13(14-3-2-4-14)25-10-9-22-12-16(26)7-8-23(22,29)18(25)11-15-5-6-17(21(24)28)20(27)19(15)22/h5-6,13-14,18,27,29H,2-4,7-12H2,1H3,(H2,24,28)/t13-,18?,22+,23+/m0/s1. The number of benzene rings is 1. The van der Waals surface area contributed by atoms with E-state index < -0.39 is 16.9 Å². The van der Waals surface area contributed by atoms with Crippen molar-refractivity contribution in [3.63, 3.8) is 0 Å². The second-order valence-electron chi connectivity index (χ2n) is 9.72. The second kappa shape index (κ2) is 6.29. The number of aromatic hydroxyl groups is 1. The van der Waals surface area contributed by atoms with Gasteiger partial charge in [-0.3, -0.25) is 14.5 Å². The van der Waals surface area contributed by atoms with Crippen LogP contribution in [0.25, 0.3) is 0 Å². The first-order valence-corrected chi connectivity index (χ1v) is 10.9. The van der Waals surface area contributed by atoms with Gasteiger partial charge in [0.15, 0.2) is 0 Å². The largest absolute Gasteiger partial charge is 0.507 e. The number of likely N-dealkylation sites (tertiary alicyclic amines) is 1. The molecule has 6 nitrogen and oxygen atoms in total. The Morgan fingerprint density at radius 3 is 2.72 bits per heavy atom. The summed E-state index contributed by atoms with van der Waals surface area (Å²) in [7, 11) is 0. The lowest BCUT2D eigenvalue weighted by molar-refractivity contribution is -0.182. The van der Waals surface area contributed by atoms with Crippen LogP contribution in [0.15, 0.2) is 12.1 Å². The summed E-state index contributed by atoms with van der Waals surface area (Å²) in [5, 5.41) is 23.2. The Hall–Kier alpha value is -1.92. The molecule has 29 heavy (non-hydrogen) atoms. The van der Waals surface area contributed by atoms with E-state index in [-0.39, 0.29) is 29.6 Å². The molecule has 1 saturated heterocycles. The number of nitrogens with zero attached hydrogens (tertiary/aromatic N) is 1. The van der Waals surface area contributed by atoms with Crippen molar-refractivity contribution in [2.75, 3.05) is 6.54 Å². The van der Waals surface area contributed by atoms with Gasteiger partial charge in [-0.2, -0.15) is 0 Å². The number of ketones is 1. The lowest BCUT2D eigenvalue weighted by Gasteiger charge is -2.65. The molecule has 4 aliphatic rings. The van der Waals surface area contributed by atoms with Crippen molar-refractivity contribution in [1.82, 2.24) is 4.90 Å². The minimum Gasteiger partial charge on any atom is -0.507 e. The molecule has 0 aromatic heterocycles. The van der Waals surface area contributed by atoms with Crippen LogP contribution in [0, 0.1) is 5.92 Å². The fraction of sp³-hybridized carbons (Fsp3) is 0.652. The van der Waals surface area contributed by atoms with Crippen LogP contribution in [-0.4, -0.2) is 51.0 Å². The first kappa shape index (κ1) is 19.1. The van der Waals surface area contributed by atoms with E-state index in [4.69, 9.17) is 5.73 Å². The number of nitrogens with two attached hydrogens (primary N) is 1. The van der Waals surface area contributed by atoms with Crippen LogP contribution >= 0.6 is 0 Å². The maximum Gasteiger partial charge on any atom is 0.252 e.